The van der Waals surface area contributed by atoms with Crippen molar-refractivity contribution in [3.8, 4) is 5.75 Å². The van der Waals surface area contributed by atoms with E-state index in [1.54, 1.807) is 7.11 Å². The fourth-order valence-corrected chi connectivity index (χ4v) is 2.49. The van der Waals surface area contributed by atoms with Crippen molar-refractivity contribution in [1.82, 2.24) is 0 Å². The third-order valence-electron chi connectivity index (χ3n) is 3.88. The molecule has 0 bridgehead atoms. The van der Waals surface area contributed by atoms with E-state index < -0.39 is 0 Å². The zero-order chi connectivity index (χ0) is 12.0. The molecule has 0 unspecified atom stereocenters. The average Bonchev–Trinajstić information content (AvgIpc) is 2.97. The van der Waals surface area contributed by atoms with Gasteiger partial charge in [0.15, 0.2) is 0 Å². The van der Waals surface area contributed by atoms with E-state index in [1.807, 2.05) is 12.1 Å². The number of methoxy groups -OCH3 is 1. The summed E-state index contributed by atoms with van der Waals surface area (Å²) in [4.78, 5) is 0. The van der Waals surface area contributed by atoms with Crippen LogP contribution in [0.2, 0.25) is 5.02 Å². The van der Waals surface area contributed by atoms with Crippen molar-refractivity contribution in [3.63, 3.8) is 0 Å². The lowest BCUT2D eigenvalue weighted by Gasteiger charge is -2.33. The molecular formula is C13H18ClNO. The van der Waals surface area contributed by atoms with Crippen LogP contribution in [0.25, 0.3) is 0 Å². The third kappa shape index (κ3) is 1.61. The van der Waals surface area contributed by atoms with Gasteiger partial charge in [-0.25, -0.2) is 0 Å². The summed E-state index contributed by atoms with van der Waals surface area (Å²) in [5.74, 6) is 0.755. The summed E-state index contributed by atoms with van der Waals surface area (Å²) in [7, 11) is 1.65. The molecule has 0 saturated heterocycles. The van der Waals surface area contributed by atoms with Gasteiger partial charge in [-0.3, -0.25) is 0 Å². The second-order valence-electron chi connectivity index (χ2n) is 5.10. The van der Waals surface area contributed by atoms with Crippen molar-refractivity contribution in [2.45, 2.75) is 37.6 Å². The second-order valence-corrected chi connectivity index (χ2v) is 5.51. The summed E-state index contributed by atoms with van der Waals surface area (Å²) in [6, 6.07) is 5.85. The Morgan fingerprint density at radius 1 is 1.38 bits per heavy atom. The minimum Gasteiger partial charge on any atom is -0.495 e. The Labute approximate surface area is 102 Å². The van der Waals surface area contributed by atoms with E-state index in [2.05, 4.69) is 19.9 Å². The van der Waals surface area contributed by atoms with Crippen LogP contribution in [0, 0.1) is 0 Å². The van der Waals surface area contributed by atoms with Gasteiger partial charge in [-0.2, -0.15) is 0 Å². The van der Waals surface area contributed by atoms with Crippen LogP contribution >= 0.6 is 11.6 Å². The first-order valence-electron chi connectivity index (χ1n) is 5.54. The highest BCUT2D eigenvalue weighted by molar-refractivity contribution is 6.32. The maximum Gasteiger partial charge on any atom is 0.141 e. The number of rotatable bonds is 3. The zero-order valence-electron chi connectivity index (χ0n) is 10.0. The van der Waals surface area contributed by atoms with Crippen molar-refractivity contribution in [3.05, 3.63) is 28.8 Å². The molecule has 0 spiro atoms. The first kappa shape index (κ1) is 11.7. The van der Waals surface area contributed by atoms with Crippen LogP contribution in [0.4, 0.5) is 0 Å². The van der Waals surface area contributed by atoms with Crippen molar-refractivity contribution in [2.24, 2.45) is 5.73 Å². The molecule has 2 nitrogen and oxygen atoms in total. The Morgan fingerprint density at radius 2 is 2.00 bits per heavy atom. The van der Waals surface area contributed by atoms with E-state index in [1.165, 1.54) is 0 Å². The van der Waals surface area contributed by atoms with Gasteiger partial charge in [0.2, 0.25) is 0 Å². The molecule has 0 radical (unpaired) electrons. The zero-order valence-corrected chi connectivity index (χ0v) is 10.8. The topological polar surface area (TPSA) is 35.2 Å². The standard InChI is InChI=1S/C13H18ClNO/c1-12(2,13(15)7-8-13)9-5-4-6-10(14)11(9)16-3/h4-6H,7-8,15H2,1-3H3. The highest BCUT2D eigenvalue weighted by Crippen LogP contribution is 2.52. The molecule has 0 amide bonds. The molecule has 1 fully saturated rings. The minimum absolute atomic E-state index is 0.106. The maximum absolute atomic E-state index is 6.33. The van der Waals surface area contributed by atoms with Gasteiger partial charge in [-0.05, 0) is 18.9 Å². The Bertz CT molecular complexity index is 410. The van der Waals surface area contributed by atoms with Crippen LogP contribution in [-0.2, 0) is 5.41 Å². The van der Waals surface area contributed by atoms with E-state index in [0.29, 0.717) is 5.02 Å². The highest BCUT2D eigenvalue weighted by atomic mass is 35.5. The van der Waals surface area contributed by atoms with Crippen molar-refractivity contribution < 1.29 is 4.74 Å². The molecule has 0 aliphatic heterocycles. The molecule has 88 valence electrons. The number of halogens is 1. The van der Waals surface area contributed by atoms with E-state index in [4.69, 9.17) is 22.1 Å². The summed E-state index contributed by atoms with van der Waals surface area (Å²) in [6.45, 7) is 4.32. The summed E-state index contributed by atoms with van der Waals surface area (Å²) in [5, 5.41) is 0.650. The molecule has 2 rings (SSSR count). The third-order valence-corrected chi connectivity index (χ3v) is 4.18. The molecule has 1 aromatic rings. The molecule has 0 aromatic heterocycles. The average molecular weight is 240 g/mol. The number of nitrogens with two attached hydrogens (primary N) is 1. The van der Waals surface area contributed by atoms with E-state index in [0.717, 1.165) is 24.2 Å². The molecule has 1 aromatic carbocycles. The van der Waals surface area contributed by atoms with Crippen LogP contribution in [0.3, 0.4) is 0 Å². The van der Waals surface area contributed by atoms with Gasteiger partial charge < -0.3 is 10.5 Å². The van der Waals surface area contributed by atoms with Gasteiger partial charge in [-0.1, -0.05) is 37.6 Å². The monoisotopic (exact) mass is 239 g/mol. The summed E-state index contributed by atoms with van der Waals surface area (Å²) >= 11 is 6.14. The number of benzene rings is 1. The number of hydrogen-bond donors (Lipinski definition) is 1. The molecule has 1 saturated carbocycles. The fraction of sp³-hybridized carbons (Fsp3) is 0.538. The lowest BCUT2D eigenvalue weighted by atomic mass is 9.75. The van der Waals surface area contributed by atoms with Crippen LogP contribution in [0.1, 0.15) is 32.3 Å². The van der Waals surface area contributed by atoms with E-state index >= 15 is 0 Å². The Balaban J connectivity index is 2.51. The molecular weight excluding hydrogens is 222 g/mol. The number of para-hydroxylation sites is 1. The molecule has 1 aliphatic carbocycles. The Morgan fingerprint density at radius 3 is 2.50 bits per heavy atom. The second kappa shape index (κ2) is 3.64. The smallest absolute Gasteiger partial charge is 0.141 e. The summed E-state index contributed by atoms with van der Waals surface area (Å²) < 4.78 is 5.40. The number of ether oxygens (including phenoxy) is 1. The van der Waals surface area contributed by atoms with Gasteiger partial charge in [0.1, 0.15) is 5.75 Å². The maximum atomic E-state index is 6.33. The lowest BCUT2D eigenvalue weighted by Crippen LogP contribution is -2.43. The van der Waals surface area contributed by atoms with Crippen LogP contribution in [0.15, 0.2) is 18.2 Å². The van der Waals surface area contributed by atoms with Crippen LogP contribution < -0.4 is 10.5 Å². The molecule has 0 heterocycles. The van der Waals surface area contributed by atoms with Gasteiger partial charge in [0.05, 0.1) is 12.1 Å². The molecule has 3 heteroatoms. The quantitative estimate of drug-likeness (QED) is 0.880. The molecule has 1 aliphatic rings. The predicted molar refractivity (Wildman–Crippen MR) is 67.2 cm³/mol. The van der Waals surface area contributed by atoms with Crippen LogP contribution in [0.5, 0.6) is 5.75 Å². The summed E-state index contributed by atoms with van der Waals surface area (Å²) in [6.07, 6.45) is 2.13. The lowest BCUT2D eigenvalue weighted by molar-refractivity contribution is 0.353. The minimum atomic E-state index is -0.108. The number of hydrogen-bond acceptors (Lipinski definition) is 2. The van der Waals surface area contributed by atoms with Gasteiger partial charge in [0.25, 0.3) is 0 Å². The van der Waals surface area contributed by atoms with Gasteiger partial charge in [0, 0.05) is 16.5 Å². The van der Waals surface area contributed by atoms with E-state index in [9.17, 15) is 0 Å². The predicted octanol–water partition coefficient (Wildman–Crippen LogP) is 3.12. The fourth-order valence-electron chi connectivity index (χ4n) is 2.24. The normalized spacial score (nSPS) is 18.3. The van der Waals surface area contributed by atoms with Crippen molar-refractivity contribution >= 4 is 11.6 Å². The van der Waals surface area contributed by atoms with Crippen molar-refractivity contribution in [1.29, 1.82) is 0 Å². The first-order valence-corrected chi connectivity index (χ1v) is 5.92. The van der Waals surface area contributed by atoms with Crippen LogP contribution in [-0.4, -0.2) is 12.6 Å². The molecule has 16 heavy (non-hydrogen) atoms. The SMILES string of the molecule is COc1c(Cl)cccc1C(C)(C)C1(N)CC1. The largest absolute Gasteiger partial charge is 0.495 e. The van der Waals surface area contributed by atoms with E-state index in [-0.39, 0.29) is 11.0 Å². The Hall–Kier alpha value is -0.730. The first-order chi connectivity index (χ1) is 7.42. The highest BCUT2D eigenvalue weighted by Gasteiger charge is 2.52. The van der Waals surface area contributed by atoms with Gasteiger partial charge >= 0.3 is 0 Å². The van der Waals surface area contributed by atoms with Crippen molar-refractivity contribution in [2.75, 3.05) is 7.11 Å². The van der Waals surface area contributed by atoms with Gasteiger partial charge in [-0.15, -0.1) is 0 Å². The Kier molecular flexibility index (Phi) is 2.67. The summed E-state index contributed by atoms with van der Waals surface area (Å²) in [5.41, 5.74) is 7.22. The molecule has 0 atom stereocenters. The molecule has 2 N–H and O–H groups in total.